The lowest BCUT2D eigenvalue weighted by Gasteiger charge is -2.34. The Bertz CT molecular complexity index is 1540. The van der Waals surface area contributed by atoms with Crippen LogP contribution < -0.4 is 14.5 Å². The number of aryl methyl sites for hydroxylation is 1. The number of phenols is 1. The van der Waals surface area contributed by atoms with Gasteiger partial charge in [-0.1, -0.05) is 13.0 Å². The molecule has 2 atom stereocenters. The molecule has 0 amide bonds. The van der Waals surface area contributed by atoms with Crippen molar-refractivity contribution in [3.8, 4) is 11.8 Å². The number of carboxylic acid groups (broad SMARTS) is 1. The van der Waals surface area contributed by atoms with E-state index >= 15 is 0 Å². The fourth-order valence-corrected chi connectivity index (χ4v) is 7.27. The summed E-state index contributed by atoms with van der Waals surface area (Å²) in [5.74, 6) is -0.315. The van der Waals surface area contributed by atoms with E-state index in [4.69, 9.17) is 19.8 Å². The van der Waals surface area contributed by atoms with Gasteiger partial charge in [-0.3, -0.25) is 9.69 Å². The standard InChI is InChI=1S/C32H39F2N5O4/c1-3-23-25(34)8-7-20-14-22(40)15-27(29(20)23)38-13-9-24-26(18-38)35-31(36-30(24)37(2)11-4-6-28(41)42)43-19-32-10-5-12-39(32)17-21(33)16-32/h7-8,14-15,21,40H,3-6,9-13,16-19H2,1-2H3,(H,41,42)/t21-,32+/m1/s1. The van der Waals surface area contributed by atoms with Crippen molar-refractivity contribution < 1.29 is 28.5 Å². The van der Waals surface area contributed by atoms with Crippen molar-refractivity contribution in [2.45, 2.75) is 70.1 Å². The summed E-state index contributed by atoms with van der Waals surface area (Å²) in [5, 5.41) is 21.3. The highest BCUT2D eigenvalue weighted by Gasteiger charge is 2.49. The number of halogens is 2. The van der Waals surface area contributed by atoms with Gasteiger partial charge in [0.15, 0.2) is 0 Å². The number of hydrogen-bond donors (Lipinski definition) is 2. The summed E-state index contributed by atoms with van der Waals surface area (Å²) in [4.78, 5) is 27.0. The molecular weight excluding hydrogens is 556 g/mol. The molecule has 2 N–H and O–H groups in total. The summed E-state index contributed by atoms with van der Waals surface area (Å²) in [5.41, 5.74) is 2.72. The van der Waals surface area contributed by atoms with Crippen molar-refractivity contribution in [1.29, 1.82) is 0 Å². The number of aliphatic carboxylic acids is 1. The van der Waals surface area contributed by atoms with E-state index in [-0.39, 0.29) is 29.5 Å². The molecule has 0 saturated carbocycles. The van der Waals surface area contributed by atoms with Gasteiger partial charge in [0.25, 0.3) is 0 Å². The third-order valence-corrected chi connectivity index (χ3v) is 9.33. The van der Waals surface area contributed by atoms with Crippen LogP contribution in [0.1, 0.15) is 55.8 Å². The molecule has 0 unspecified atom stereocenters. The van der Waals surface area contributed by atoms with Crippen LogP contribution in [-0.2, 0) is 24.2 Å². The van der Waals surface area contributed by atoms with Crippen LogP contribution in [0.2, 0.25) is 0 Å². The van der Waals surface area contributed by atoms with Gasteiger partial charge in [-0.2, -0.15) is 9.97 Å². The lowest BCUT2D eigenvalue weighted by atomic mass is 9.95. The van der Waals surface area contributed by atoms with E-state index in [9.17, 15) is 18.7 Å². The molecule has 0 spiro atoms. The minimum atomic E-state index is -0.868. The van der Waals surface area contributed by atoms with E-state index in [1.165, 1.54) is 6.07 Å². The molecule has 3 aromatic rings. The smallest absolute Gasteiger partial charge is 0.318 e. The Morgan fingerprint density at radius 2 is 2.09 bits per heavy atom. The summed E-state index contributed by atoms with van der Waals surface area (Å²) in [7, 11) is 1.89. The number of phenolic OH excluding ortho intramolecular Hbond substituents is 1. The fraction of sp³-hybridized carbons (Fsp3) is 0.531. The van der Waals surface area contributed by atoms with Crippen molar-refractivity contribution in [3.63, 3.8) is 0 Å². The van der Waals surface area contributed by atoms with Gasteiger partial charge in [0.1, 0.15) is 30.2 Å². The van der Waals surface area contributed by atoms with Crippen LogP contribution in [0.15, 0.2) is 24.3 Å². The minimum absolute atomic E-state index is 0.0540. The number of ether oxygens (including phenoxy) is 1. The topological polar surface area (TPSA) is 102 Å². The van der Waals surface area contributed by atoms with Gasteiger partial charge in [-0.15, -0.1) is 0 Å². The number of nitrogens with zero attached hydrogens (tertiary/aromatic N) is 5. The zero-order chi connectivity index (χ0) is 30.3. The van der Waals surface area contributed by atoms with Crippen LogP contribution in [0.4, 0.5) is 20.3 Å². The Kier molecular flexibility index (Phi) is 8.02. The SMILES string of the molecule is CCc1c(F)ccc2cc(O)cc(N3CCc4c(nc(OC[C@@]56CCCN5C[C@H](F)C6)nc4N(C)CCCC(=O)O)C3)c12. The van der Waals surface area contributed by atoms with E-state index in [0.717, 1.165) is 47.1 Å². The quantitative estimate of drug-likeness (QED) is 0.340. The molecule has 0 bridgehead atoms. The number of alkyl halides is 1. The third kappa shape index (κ3) is 5.67. The molecule has 3 aliphatic rings. The Hall–Kier alpha value is -3.73. The number of aromatic nitrogens is 2. The molecule has 43 heavy (non-hydrogen) atoms. The van der Waals surface area contributed by atoms with Crippen molar-refractivity contribution >= 4 is 28.2 Å². The molecule has 2 aromatic carbocycles. The highest BCUT2D eigenvalue weighted by molar-refractivity contribution is 5.98. The predicted molar refractivity (Wildman–Crippen MR) is 160 cm³/mol. The number of aromatic hydroxyl groups is 1. The first-order chi connectivity index (χ1) is 20.7. The monoisotopic (exact) mass is 595 g/mol. The third-order valence-electron chi connectivity index (χ3n) is 9.33. The van der Waals surface area contributed by atoms with Gasteiger partial charge in [0.2, 0.25) is 0 Å². The molecule has 11 heteroatoms. The van der Waals surface area contributed by atoms with Crippen LogP contribution in [0.3, 0.4) is 0 Å². The Morgan fingerprint density at radius 1 is 1.26 bits per heavy atom. The van der Waals surface area contributed by atoms with Crippen molar-refractivity contribution in [2.75, 3.05) is 49.6 Å². The van der Waals surface area contributed by atoms with Crippen molar-refractivity contribution in [2.24, 2.45) is 0 Å². The van der Waals surface area contributed by atoms with Crippen molar-refractivity contribution in [1.82, 2.24) is 14.9 Å². The Balaban J connectivity index is 1.34. The number of anilines is 2. The van der Waals surface area contributed by atoms with Crippen LogP contribution in [0, 0.1) is 5.82 Å². The van der Waals surface area contributed by atoms with Gasteiger partial charge in [-0.25, -0.2) is 8.78 Å². The minimum Gasteiger partial charge on any atom is -0.508 e. The van der Waals surface area contributed by atoms with Crippen LogP contribution in [-0.4, -0.2) is 82.6 Å². The second kappa shape index (κ2) is 11.7. The molecule has 2 saturated heterocycles. The summed E-state index contributed by atoms with van der Waals surface area (Å²) in [6.45, 7) is 5.00. The largest absolute Gasteiger partial charge is 0.508 e. The highest BCUT2D eigenvalue weighted by Crippen LogP contribution is 2.41. The molecule has 230 valence electrons. The van der Waals surface area contributed by atoms with Gasteiger partial charge in [0.05, 0.1) is 17.8 Å². The number of benzene rings is 2. The van der Waals surface area contributed by atoms with E-state index in [0.29, 0.717) is 69.9 Å². The molecule has 4 heterocycles. The molecule has 1 aromatic heterocycles. The number of fused-ring (bicyclic) bond motifs is 3. The first-order valence-corrected chi connectivity index (χ1v) is 15.2. The first-order valence-electron chi connectivity index (χ1n) is 15.2. The van der Waals surface area contributed by atoms with Crippen LogP contribution in [0.5, 0.6) is 11.8 Å². The van der Waals surface area contributed by atoms with Crippen LogP contribution in [0.25, 0.3) is 10.8 Å². The maximum Gasteiger partial charge on any atom is 0.318 e. The maximum absolute atomic E-state index is 14.9. The normalized spacial score (nSPS) is 21.7. The summed E-state index contributed by atoms with van der Waals surface area (Å²) >= 11 is 0. The first kappa shape index (κ1) is 29.3. The molecule has 0 aliphatic carbocycles. The van der Waals surface area contributed by atoms with Crippen molar-refractivity contribution in [3.05, 3.63) is 46.9 Å². The number of carbonyl (C=O) groups is 1. The van der Waals surface area contributed by atoms with Gasteiger partial charge in [0, 0.05) is 62.2 Å². The zero-order valence-electron chi connectivity index (χ0n) is 24.8. The van der Waals surface area contributed by atoms with Gasteiger partial charge in [-0.05, 0) is 61.7 Å². The number of rotatable bonds is 10. The lowest BCUT2D eigenvalue weighted by molar-refractivity contribution is -0.137. The number of carboxylic acids is 1. The average molecular weight is 596 g/mol. The molecule has 9 nitrogen and oxygen atoms in total. The van der Waals surface area contributed by atoms with E-state index < -0.39 is 12.1 Å². The fourth-order valence-electron chi connectivity index (χ4n) is 7.27. The zero-order valence-corrected chi connectivity index (χ0v) is 24.8. The predicted octanol–water partition coefficient (Wildman–Crippen LogP) is 4.86. The van der Waals surface area contributed by atoms with E-state index in [1.807, 2.05) is 18.9 Å². The average Bonchev–Trinajstić information content (AvgIpc) is 3.50. The van der Waals surface area contributed by atoms with E-state index in [1.54, 1.807) is 18.2 Å². The Labute approximate surface area is 250 Å². The summed E-state index contributed by atoms with van der Waals surface area (Å²) < 4.78 is 35.5. The maximum atomic E-state index is 14.9. The van der Waals surface area contributed by atoms with Gasteiger partial charge >= 0.3 is 12.0 Å². The molecule has 0 radical (unpaired) electrons. The molecule has 6 rings (SSSR count). The molecule has 3 aliphatic heterocycles. The molecular formula is C32H39F2N5O4. The summed E-state index contributed by atoms with van der Waals surface area (Å²) in [6.07, 6.45) is 3.07. The summed E-state index contributed by atoms with van der Waals surface area (Å²) in [6, 6.07) is 6.69. The van der Waals surface area contributed by atoms with Crippen LogP contribution >= 0.6 is 0 Å². The lowest BCUT2D eigenvalue weighted by Crippen LogP contribution is -2.43. The molecule has 2 fully saturated rings. The second-order valence-electron chi connectivity index (χ2n) is 12.2. The highest BCUT2D eigenvalue weighted by atomic mass is 19.1. The Morgan fingerprint density at radius 3 is 2.88 bits per heavy atom. The second-order valence-corrected chi connectivity index (χ2v) is 12.2. The number of hydrogen-bond acceptors (Lipinski definition) is 8. The van der Waals surface area contributed by atoms with E-state index in [2.05, 4.69) is 9.80 Å². The van der Waals surface area contributed by atoms with Gasteiger partial charge < -0.3 is 24.7 Å².